The topological polar surface area (TPSA) is 44.3 Å². The Hall–Kier alpha value is -0.120. The number of nitrogens with one attached hydrogen (secondary N) is 2. The molecule has 0 aromatic rings. The lowest BCUT2D eigenvalue weighted by atomic mass is 9.91. The van der Waals surface area contributed by atoms with Crippen molar-refractivity contribution < 1.29 is 5.11 Å². The predicted molar refractivity (Wildman–Crippen MR) is 75.7 cm³/mol. The van der Waals surface area contributed by atoms with Crippen LogP contribution in [0.2, 0.25) is 0 Å². The van der Waals surface area contributed by atoms with Gasteiger partial charge in [0.15, 0.2) is 0 Å². The average molecular weight is 254 g/mol. The van der Waals surface area contributed by atoms with Crippen molar-refractivity contribution in [2.45, 2.75) is 88.9 Å². The van der Waals surface area contributed by atoms with Gasteiger partial charge in [-0.25, -0.2) is 0 Å². The summed E-state index contributed by atoms with van der Waals surface area (Å²) in [7, 11) is 0. The molecule has 2 aliphatic rings. The molecule has 0 amide bonds. The maximum absolute atomic E-state index is 9.99. The summed E-state index contributed by atoms with van der Waals surface area (Å²) in [4.78, 5) is 0. The Morgan fingerprint density at radius 3 is 2.72 bits per heavy atom. The van der Waals surface area contributed by atoms with E-state index in [2.05, 4.69) is 17.6 Å². The van der Waals surface area contributed by atoms with Gasteiger partial charge < -0.3 is 15.7 Å². The van der Waals surface area contributed by atoms with Gasteiger partial charge in [-0.05, 0) is 45.6 Å². The van der Waals surface area contributed by atoms with Crippen molar-refractivity contribution in [3.63, 3.8) is 0 Å². The second kappa shape index (κ2) is 7.46. The first kappa shape index (κ1) is 14.3. The van der Waals surface area contributed by atoms with Crippen molar-refractivity contribution >= 4 is 0 Å². The van der Waals surface area contributed by atoms with Gasteiger partial charge in [0.2, 0.25) is 0 Å². The van der Waals surface area contributed by atoms with E-state index in [0.29, 0.717) is 18.1 Å². The monoisotopic (exact) mass is 254 g/mol. The molecule has 1 saturated carbocycles. The molecule has 0 radical (unpaired) electrons. The van der Waals surface area contributed by atoms with Crippen LogP contribution in [0.3, 0.4) is 0 Å². The third-order valence-corrected chi connectivity index (χ3v) is 4.53. The van der Waals surface area contributed by atoms with E-state index in [1.54, 1.807) is 0 Å². The third kappa shape index (κ3) is 4.52. The second-order valence-electron chi connectivity index (χ2n) is 6.26. The standard InChI is InChI=1S/C15H30N2O/c1-12(11-13-7-3-2-6-10-16-13)17-14-8-4-5-9-15(14)18/h12-18H,2-11H2,1H3. The molecule has 3 nitrogen and oxygen atoms in total. The highest BCUT2D eigenvalue weighted by atomic mass is 16.3. The number of rotatable bonds is 4. The largest absolute Gasteiger partial charge is 0.392 e. The molecule has 106 valence electrons. The van der Waals surface area contributed by atoms with E-state index in [4.69, 9.17) is 0 Å². The Bertz CT molecular complexity index is 227. The molecule has 0 spiro atoms. The van der Waals surface area contributed by atoms with Crippen LogP contribution in [0.15, 0.2) is 0 Å². The molecule has 2 fully saturated rings. The molecular formula is C15H30N2O. The van der Waals surface area contributed by atoms with E-state index in [9.17, 15) is 5.11 Å². The van der Waals surface area contributed by atoms with E-state index in [-0.39, 0.29) is 6.10 Å². The molecule has 18 heavy (non-hydrogen) atoms. The van der Waals surface area contributed by atoms with Gasteiger partial charge in [0.25, 0.3) is 0 Å². The molecular weight excluding hydrogens is 224 g/mol. The maximum Gasteiger partial charge on any atom is 0.0693 e. The first-order chi connectivity index (χ1) is 8.75. The molecule has 1 saturated heterocycles. The van der Waals surface area contributed by atoms with Gasteiger partial charge in [-0.3, -0.25) is 0 Å². The van der Waals surface area contributed by atoms with Gasteiger partial charge in [0, 0.05) is 18.1 Å². The number of aliphatic hydroxyl groups is 1. The highest BCUT2D eigenvalue weighted by Crippen LogP contribution is 2.20. The van der Waals surface area contributed by atoms with Crippen molar-refractivity contribution in [3.8, 4) is 0 Å². The van der Waals surface area contributed by atoms with Gasteiger partial charge in [0.1, 0.15) is 0 Å². The Labute approximate surface area is 112 Å². The van der Waals surface area contributed by atoms with E-state index < -0.39 is 0 Å². The highest BCUT2D eigenvalue weighted by molar-refractivity contribution is 4.84. The number of hydrogen-bond donors (Lipinski definition) is 3. The summed E-state index contributed by atoms with van der Waals surface area (Å²) in [5, 5.41) is 17.3. The van der Waals surface area contributed by atoms with Gasteiger partial charge >= 0.3 is 0 Å². The summed E-state index contributed by atoms with van der Waals surface area (Å²) < 4.78 is 0. The fourth-order valence-electron chi connectivity index (χ4n) is 3.47. The molecule has 0 bridgehead atoms. The lowest BCUT2D eigenvalue weighted by Gasteiger charge is -2.32. The molecule has 4 unspecified atom stereocenters. The highest BCUT2D eigenvalue weighted by Gasteiger charge is 2.25. The van der Waals surface area contributed by atoms with E-state index in [1.807, 2.05) is 0 Å². The third-order valence-electron chi connectivity index (χ3n) is 4.53. The van der Waals surface area contributed by atoms with Gasteiger partial charge in [-0.1, -0.05) is 25.7 Å². The molecule has 0 aromatic heterocycles. The summed E-state index contributed by atoms with van der Waals surface area (Å²) in [6.07, 6.45) is 11.1. The summed E-state index contributed by atoms with van der Waals surface area (Å²) in [6.45, 7) is 3.46. The van der Waals surface area contributed by atoms with Crippen LogP contribution in [0.4, 0.5) is 0 Å². The molecule has 3 N–H and O–H groups in total. The number of hydrogen-bond acceptors (Lipinski definition) is 3. The molecule has 1 aliphatic carbocycles. The zero-order valence-corrected chi connectivity index (χ0v) is 11.8. The van der Waals surface area contributed by atoms with Crippen LogP contribution in [0.5, 0.6) is 0 Å². The Balaban J connectivity index is 1.71. The predicted octanol–water partition coefficient (Wildman–Crippen LogP) is 2.19. The SMILES string of the molecule is CC(CC1CCCCCN1)NC1CCCCC1O. The smallest absolute Gasteiger partial charge is 0.0693 e. The van der Waals surface area contributed by atoms with Crippen LogP contribution in [-0.2, 0) is 0 Å². The van der Waals surface area contributed by atoms with Crippen molar-refractivity contribution in [2.24, 2.45) is 0 Å². The molecule has 4 atom stereocenters. The van der Waals surface area contributed by atoms with Crippen molar-refractivity contribution in [3.05, 3.63) is 0 Å². The first-order valence-electron chi connectivity index (χ1n) is 7.93. The van der Waals surface area contributed by atoms with Crippen molar-refractivity contribution in [1.82, 2.24) is 10.6 Å². The maximum atomic E-state index is 9.99. The zero-order valence-electron chi connectivity index (χ0n) is 11.8. The van der Waals surface area contributed by atoms with Gasteiger partial charge in [-0.15, -0.1) is 0 Å². The Morgan fingerprint density at radius 1 is 1.11 bits per heavy atom. The number of aliphatic hydroxyl groups excluding tert-OH is 1. The van der Waals surface area contributed by atoms with E-state index >= 15 is 0 Å². The summed E-state index contributed by atoms with van der Waals surface area (Å²) in [6, 6.07) is 1.52. The summed E-state index contributed by atoms with van der Waals surface area (Å²) in [5.41, 5.74) is 0. The van der Waals surface area contributed by atoms with Crippen LogP contribution in [-0.4, -0.2) is 35.9 Å². The van der Waals surface area contributed by atoms with Crippen LogP contribution >= 0.6 is 0 Å². The lowest BCUT2D eigenvalue weighted by molar-refractivity contribution is 0.0845. The molecule has 2 rings (SSSR count). The summed E-state index contributed by atoms with van der Waals surface area (Å²) >= 11 is 0. The Kier molecular flexibility index (Phi) is 5.93. The zero-order chi connectivity index (χ0) is 12.8. The molecule has 0 aromatic carbocycles. The summed E-state index contributed by atoms with van der Waals surface area (Å²) in [5.74, 6) is 0. The minimum atomic E-state index is -0.122. The molecule has 1 heterocycles. The average Bonchev–Trinajstić information content (AvgIpc) is 2.61. The van der Waals surface area contributed by atoms with Crippen LogP contribution in [0, 0.1) is 0 Å². The van der Waals surface area contributed by atoms with Crippen LogP contribution in [0.1, 0.15) is 64.7 Å². The fraction of sp³-hybridized carbons (Fsp3) is 1.00. The minimum absolute atomic E-state index is 0.122. The van der Waals surface area contributed by atoms with Crippen LogP contribution in [0.25, 0.3) is 0 Å². The fourth-order valence-corrected chi connectivity index (χ4v) is 3.47. The van der Waals surface area contributed by atoms with Gasteiger partial charge in [0.05, 0.1) is 6.10 Å². The Morgan fingerprint density at radius 2 is 1.89 bits per heavy atom. The van der Waals surface area contributed by atoms with Crippen molar-refractivity contribution in [1.29, 1.82) is 0 Å². The molecule has 3 heteroatoms. The van der Waals surface area contributed by atoms with E-state index in [0.717, 1.165) is 12.8 Å². The first-order valence-corrected chi connectivity index (χ1v) is 7.93. The second-order valence-corrected chi connectivity index (χ2v) is 6.26. The minimum Gasteiger partial charge on any atom is -0.392 e. The molecule has 1 aliphatic heterocycles. The normalized spacial score (nSPS) is 36.0. The lowest BCUT2D eigenvalue weighted by Crippen LogP contribution is -2.48. The van der Waals surface area contributed by atoms with Gasteiger partial charge in [-0.2, -0.15) is 0 Å². The van der Waals surface area contributed by atoms with Crippen LogP contribution < -0.4 is 10.6 Å². The van der Waals surface area contributed by atoms with Crippen molar-refractivity contribution in [2.75, 3.05) is 6.54 Å². The quantitative estimate of drug-likeness (QED) is 0.720. The van der Waals surface area contributed by atoms with E-state index in [1.165, 1.54) is 51.5 Å².